The highest BCUT2D eigenvalue weighted by Gasteiger charge is 2.54. The van der Waals surface area contributed by atoms with Crippen LogP contribution in [0.5, 0.6) is 0 Å². The minimum absolute atomic E-state index is 0.129. The lowest BCUT2D eigenvalue weighted by atomic mass is 10.0. The van der Waals surface area contributed by atoms with Crippen molar-refractivity contribution in [3.05, 3.63) is 108 Å². The molecule has 1 fully saturated rings. The minimum Gasteiger partial charge on any atom is -0.477 e. The van der Waals surface area contributed by atoms with Crippen molar-refractivity contribution in [3.63, 3.8) is 0 Å². The summed E-state index contributed by atoms with van der Waals surface area (Å²) in [7, 11) is 0. The van der Waals surface area contributed by atoms with Gasteiger partial charge in [-0.05, 0) is 23.3 Å². The van der Waals surface area contributed by atoms with Crippen LogP contribution in [0.25, 0.3) is 0 Å². The Bertz CT molecular complexity index is 1470. The zero-order chi connectivity index (χ0) is 32.9. The monoisotopic (exact) mass is 663 g/mol. The highest BCUT2D eigenvalue weighted by molar-refractivity contribution is 8.00. The van der Waals surface area contributed by atoms with Crippen molar-refractivity contribution in [2.24, 2.45) is 5.73 Å². The van der Waals surface area contributed by atoms with Crippen LogP contribution in [-0.2, 0) is 37.0 Å². The van der Waals surface area contributed by atoms with Gasteiger partial charge < -0.3 is 20.9 Å². The number of pyridine rings is 1. The Morgan fingerprint density at radius 3 is 2.20 bits per heavy atom. The number of carboxylic acid groups (broad SMARTS) is 1. The molecule has 1 aromatic heterocycles. The number of hydrogen-bond acceptors (Lipinski definition) is 10. The topological polar surface area (TPSA) is 155 Å². The third kappa shape index (κ3) is 9.91. The van der Waals surface area contributed by atoms with Gasteiger partial charge in [0, 0.05) is 61.7 Å². The number of aromatic nitrogens is 1. The first-order valence-electron chi connectivity index (χ1n) is 14.6. The fourth-order valence-electron chi connectivity index (χ4n) is 4.86. The number of thioether (sulfide) groups is 2. The molecule has 4 N–H and O–H groups in total. The molecule has 242 valence electrons. The molecule has 0 radical (unpaired) electrons. The van der Waals surface area contributed by atoms with Crippen LogP contribution < -0.4 is 11.1 Å². The van der Waals surface area contributed by atoms with Crippen molar-refractivity contribution in [1.82, 2.24) is 20.1 Å². The summed E-state index contributed by atoms with van der Waals surface area (Å²) in [5, 5.41) is 11.7. The molecule has 0 aliphatic carbocycles. The number of nitrogens with one attached hydrogen (secondary N) is 1. The normalized spacial score (nSPS) is 16.9. The molecule has 2 amide bonds. The number of hydrogen-bond donors (Lipinski definition) is 3. The van der Waals surface area contributed by atoms with Gasteiger partial charge in [0.15, 0.2) is 0 Å². The van der Waals surface area contributed by atoms with Crippen molar-refractivity contribution in [2.45, 2.75) is 36.3 Å². The first-order chi connectivity index (χ1) is 22.3. The second kappa shape index (κ2) is 17.5. The largest absolute Gasteiger partial charge is 0.477 e. The number of carboxylic acids is 1. The van der Waals surface area contributed by atoms with Crippen molar-refractivity contribution in [3.8, 4) is 0 Å². The van der Waals surface area contributed by atoms with Crippen LogP contribution >= 0.6 is 23.5 Å². The van der Waals surface area contributed by atoms with E-state index in [9.17, 15) is 24.3 Å². The van der Waals surface area contributed by atoms with Gasteiger partial charge in [-0.3, -0.25) is 29.2 Å². The molecular formula is C33H37N5O6S2. The van der Waals surface area contributed by atoms with Crippen LogP contribution in [0.15, 0.2) is 101 Å². The molecule has 3 heterocycles. The quantitative estimate of drug-likeness (QED) is 0.140. The maximum atomic E-state index is 12.5. The standard InChI is InChI=1S/C17H17N3O6S2.C16H20N2/c1-9(21)26-6-10-7-28-16-13(15(23)20(16)14(10)17(24)25)19-12(22)8-27-11-2-4-18-5-3-11;17-11-12-18(13-15-7-3-1-4-8-15)14-16-9-5-2-6-10-16/h2-5,13,16H,6-8H2,1H3,(H,19,22)(H,24,25);1-10H,11-14,17H2/t13-,16-;/m1./s1. The molecule has 2 aliphatic heterocycles. The molecule has 13 heteroatoms. The molecule has 2 atom stereocenters. The maximum Gasteiger partial charge on any atom is 0.352 e. The summed E-state index contributed by atoms with van der Waals surface area (Å²) in [6.45, 7) is 4.56. The van der Waals surface area contributed by atoms with E-state index >= 15 is 0 Å². The molecule has 0 saturated carbocycles. The number of benzene rings is 2. The zero-order valence-corrected chi connectivity index (χ0v) is 27.0. The molecular weight excluding hydrogens is 627 g/mol. The van der Waals surface area contributed by atoms with Crippen LogP contribution in [0.4, 0.5) is 0 Å². The van der Waals surface area contributed by atoms with Gasteiger partial charge in [-0.1, -0.05) is 60.7 Å². The Balaban J connectivity index is 0.000000230. The fraction of sp³-hybridized carbons (Fsp3) is 0.303. The number of nitrogens with zero attached hydrogens (tertiary/aromatic N) is 3. The third-order valence-corrected chi connectivity index (χ3v) is 9.33. The number of β-lactam (4-membered cyclic amide) rings is 1. The summed E-state index contributed by atoms with van der Waals surface area (Å²) in [6.07, 6.45) is 3.25. The molecule has 0 spiro atoms. The van der Waals surface area contributed by atoms with Crippen molar-refractivity contribution < 1.29 is 29.0 Å². The Morgan fingerprint density at radius 2 is 1.65 bits per heavy atom. The number of fused-ring (bicyclic) bond motifs is 1. The van der Waals surface area contributed by atoms with E-state index in [0.717, 1.165) is 29.4 Å². The van der Waals surface area contributed by atoms with Crippen LogP contribution in [0.1, 0.15) is 18.1 Å². The third-order valence-electron chi connectivity index (χ3n) is 6.98. The summed E-state index contributed by atoms with van der Waals surface area (Å²) in [5.74, 6) is -2.18. The number of carbonyl (C=O) groups excluding carboxylic acids is 3. The van der Waals surface area contributed by atoms with Gasteiger partial charge >= 0.3 is 11.9 Å². The average molecular weight is 664 g/mol. The Kier molecular flexibility index (Phi) is 13.2. The minimum atomic E-state index is -1.26. The van der Waals surface area contributed by atoms with Crippen LogP contribution in [0.2, 0.25) is 0 Å². The SMILES string of the molecule is CC(=O)OCC1=C(C(=O)O)N2C(=O)[C@@H](NC(=O)CSc3ccncc3)[C@H]2SC1.NCCN(Cc1ccccc1)Cc1ccccc1. The van der Waals surface area contributed by atoms with Gasteiger partial charge in [-0.25, -0.2) is 4.79 Å². The summed E-state index contributed by atoms with van der Waals surface area (Å²) in [5.41, 5.74) is 8.55. The number of aliphatic carboxylic acids is 1. The van der Waals surface area contributed by atoms with Crippen LogP contribution in [-0.4, -0.2) is 86.3 Å². The van der Waals surface area contributed by atoms with Gasteiger partial charge in [0.25, 0.3) is 5.91 Å². The van der Waals surface area contributed by atoms with Gasteiger partial charge in [0.1, 0.15) is 23.7 Å². The zero-order valence-electron chi connectivity index (χ0n) is 25.4. The number of carbonyl (C=O) groups is 4. The van der Waals surface area contributed by atoms with Gasteiger partial charge in [-0.2, -0.15) is 0 Å². The first-order valence-corrected chi connectivity index (χ1v) is 16.7. The van der Waals surface area contributed by atoms with E-state index in [-0.39, 0.29) is 24.0 Å². The van der Waals surface area contributed by atoms with Crippen molar-refractivity contribution in [2.75, 3.05) is 31.2 Å². The van der Waals surface area contributed by atoms with E-state index in [4.69, 9.17) is 10.5 Å². The predicted molar refractivity (Wildman–Crippen MR) is 177 cm³/mol. The van der Waals surface area contributed by atoms with Crippen molar-refractivity contribution in [1.29, 1.82) is 0 Å². The molecule has 0 unspecified atom stereocenters. The number of esters is 1. The Morgan fingerprint density at radius 1 is 1.04 bits per heavy atom. The second-order valence-electron chi connectivity index (χ2n) is 10.4. The average Bonchev–Trinajstić information content (AvgIpc) is 3.06. The van der Waals surface area contributed by atoms with E-state index < -0.39 is 29.3 Å². The molecule has 46 heavy (non-hydrogen) atoms. The lowest BCUT2D eigenvalue weighted by Crippen LogP contribution is -2.70. The number of rotatable bonds is 13. The van der Waals surface area contributed by atoms with Gasteiger partial charge in [0.05, 0.1) is 5.75 Å². The number of amides is 2. The van der Waals surface area contributed by atoms with Crippen LogP contribution in [0.3, 0.4) is 0 Å². The predicted octanol–water partition coefficient (Wildman–Crippen LogP) is 3.12. The molecule has 3 aromatic rings. The number of nitrogens with two attached hydrogens (primary N) is 1. The summed E-state index contributed by atoms with van der Waals surface area (Å²) < 4.78 is 4.88. The summed E-state index contributed by atoms with van der Waals surface area (Å²) in [6, 6.07) is 23.8. The smallest absolute Gasteiger partial charge is 0.352 e. The van der Waals surface area contributed by atoms with E-state index in [1.807, 2.05) is 12.1 Å². The van der Waals surface area contributed by atoms with E-state index in [1.165, 1.54) is 41.6 Å². The first kappa shape index (κ1) is 34.7. The molecule has 2 aromatic carbocycles. The van der Waals surface area contributed by atoms with E-state index in [0.29, 0.717) is 17.9 Å². The Labute approximate surface area is 276 Å². The van der Waals surface area contributed by atoms with E-state index in [2.05, 4.69) is 63.7 Å². The Hall–Kier alpha value is -4.17. The van der Waals surface area contributed by atoms with Gasteiger partial charge in [-0.15, -0.1) is 23.5 Å². The molecule has 11 nitrogen and oxygen atoms in total. The molecule has 1 saturated heterocycles. The second-order valence-corrected chi connectivity index (χ2v) is 12.6. The van der Waals surface area contributed by atoms with E-state index in [1.54, 1.807) is 24.5 Å². The molecule has 2 aliphatic rings. The lowest BCUT2D eigenvalue weighted by molar-refractivity contribution is -0.150. The molecule has 5 rings (SSSR count). The number of ether oxygens (including phenoxy) is 1. The lowest BCUT2D eigenvalue weighted by Gasteiger charge is -2.49. The maximum absolute atomic E-state index is 12.5. The highest BCUT2D eigenvalue weighted by Crippen LogP contribution is 2.40. The van der Waals surface area contributed by atoms with Crippen LogP contribution in [0, 0.1) is 0 Å². The van der Waals surface area contributed by atoms with Gasteiger partial charge in [0.2, 0.25) is 5.91 Å². The summed E-state index contributed by atoms with van der Waals surface area (Å²) in [4.78, 5) is 55.6. The van der Waals surface area contributed by atoms with Crippen molar-refractivity contribution >= 4 is 47.3 Å². The summed E-state index contributed by atoms with van der Waals surface area (Å²) >= 11 is 2.64. The highest BCUT2D eigenvalue weighted by atomic mass is 32.2. The fourth-order valence-corrected chi connectivity index (χ4v) is 6.88. The molecule has 0 bridgehead atoms.